The quantitative estimate of drug-likeness (QED) is 0.683. The van der Waals surface area contributed by atoms with Gasteiger partial charge in [-0.1, -0.05) is 13.3 Å². The Kier molecular flexibility index (Phi) is 6.95. The lowest BCUT2D eigenvalue weighted by Crippen LogP contribution is -2.65. The van der Waals surface area contributed by atoms with Crippen LogP contribution < -0.4 is 10.9 Å². The number of hydrazine groups is 1. The van der Waals surface area contributed by atoms with Gasteiger partial charge in [-0.3, -0.25) is 19.9 Å². The molecule has 4 atom stereocenters. The first-order valence-corrected chi connectivity index (χ1v) is 9.14. The molecule has 2 N–H and O–H groups in total. The highest BCUT2D eigenvalue weighted by Gasteiger charge is 2.38. The third-order valence-electron chi connectivity index (χ3n) is 4.69. The Morgan fingerprint density at radius 2 is 2.09 bits per heavy atom. The lowest BCUT2D eigenvalue weighted by Gasteiger charge is -2.42. The molecule has 132 valence electrons. The Morgan fingerprint density at radius 1 is 1.35 bits per heavy atom. The monoisotopic (exact) mass is 364 g/mol. The maximum absolute atomic E-state index is 12.5. The van der Waals surface area contributed by atoms with Gasteiger partial charge in [0.25, 0.3) is 5.91 Å². The molecule has 2 amide bonds. The number of halogens is 2. The zero-order chi connectivity index (χ0) is 17.0. The summed E-state index contributed by atoms with van der Waals surface area (Å²) >= 11 is 12.4. The smallest absolute Gasteiger partial charge is 0.253 e. The van der Waals surface area contributed by atoms with Gasteiger partial charge < -0.3 is 4.90 Å². The first-order chi connectivity index (χ1) is 10.9. The third-order valence-corrected chi connectivity index (χ3v) is 5.54. The molecule has 0 aliphatic carbocycles. The van der Waals surface area contributed by atoms with Crippen LogP contribution in [0.5, 0.6) is 0 Å². The van der Waals surface area contributed by atoms with Crippen molar-refractivity contribution < 1.29 is 9.59 Å². The molecular weight excluding hydrogens is 339 g/mol. The maximum Gasteiger partial charge on any atom is 0.253 e. The van der Waals surface area contributed by atoms with E-state index in [0.29, 0.717) is 32.1 Å². The second-order valence-electron chi connectivity index (χ2n) is 6.38. The van der Waals surface area contributed by atoms with E-state index in [1.165, 1.54) is 0 Å². The summed E-state index contributed by atoms with van der Waals surface area (Å²) in [5, 5.41) is -0.578. The summed E-state index contributed by atoms with van der Waals surface area (Å²) in [7, 11) is 0. The molecule has 23 heavy (non-hydrogen) atoms. The predicted octanol–water partition coefficient (Wildman–Crippen LogP) is 0.785. The lowest BCUT2D eigenvalue weighted by molar-refractivity contribution is -0.139. The van der Waals surface area contributed by atoms with Crippen molar-refractivity contribution in [1.29, 1.82) is 0 Å². The van der Waals surface area contributed by atoms with E-state index in [0.717, 1.165) is 19.4 Å². The summed E-state index contributed by atoms with van der Waals surface area (Å²) in [6.07, 6.45) is 2.08. The molecule has 0 saturated carbocycles. The summed E-state index contributed by atoms with van der Waals surface area (Å²) in [6.45, 7) is 7.07. The molecule has 2 aliphatic rings. The Hall–Kier alpha value is -0.560. The first-order valence-electron chi connectivity index (χ1n) is 8.26. The van der Waals surface area contributed by atoms with Gasteiger partial charge in [-0.25, -0.2) is 5.43 Å². The molecule has 6 nitrogen and oxygen atoms in total. The number of nitrogens with one attached hydrogen (secondary N) is 2. The Balaban J connectivity index is 1.91. The topological polar surface area (TPSA) is 64.7 Å². The molecule has 8 heteroatoms. The highest BCUT2D eigenvalue weighted by Crippen LogP contribution is 2.21. The lowest BCUT2D eigenvalue weighted by atomic mass is 9.99. The van der Waals surface area contributed by atoms with Crippen LogP contribution in [-0.4, -0.2) is 71.1 Å². The molecule has 4 unspecified atom stereocenters. The van der Waals surface area contributed by atoms with Gasteiger partial charge in [0.2, 0.25) is 5.91 Å². The second kappa shape index (κ2) is 8.51. The number of carbonyl (C=O) groups is 2. The van der Waals surface area contributed by atoms with Gasteiger partial charge >= 0.3 is 0 Å². The van der Waals surface area contributed by atoms with Crippen molar-refractivity contribution in [3.05, 3.63) is 0 Å². The van der Waals surface area contributed by atoms with Crippen molar-refractivity contribution in [3.8, 4) is 0 Å². The molecule has 2 saturated heterocycles. The van der Waals surface area contributed by atoms with Gasteiger partial charge in [-0.2, -0.15) is 0 Å². The number of hydrogen-bond donors (Lipinski definition) is 2. The van der Waals surface area contributed by atoms with E-state index in [1.54, 1.807) is 0 Å². The number of rotatable bonds is 6. The third kappa shape index (κ3) is 4.72. The van der Waals surface area contributed by atoms with Crippen molar-refractivity contribution in [2.24, 2.45) is 5.92 Å². The number of piperazine rings is 1. The van der Waals surface area contributed by atoms with Gasteiger partial charge in [0.05, 0.1) is 6.54 Å². The Morgan fingerprint density at radius 3 is 2.70 bits per heavy atom. The minimum Gasteiger partial charge on any atom is -0.340 e. The molecule has 2 aliphatic heterocycles. The summed E-state index contributed by atoms with van der Waals surface area (Å²) in [5.41, 5.74) is 5.35. The van der Waals surface area contributed by atoms with Crippen LogP contribution in [0.3, 0.4) is 0 Å². The number of nitrogens with zero attached hydrogens (tertiary/aromatic N) is 2. The molecule has 2 fully saturated rings. The van der Waals surface area contributed by atoms with Crippen molar-refractivity contribution in [1.82, 2.24) is 20.7 Å². The van der Waals surface area contributed by atoms with Crippen LogP contribution in [0, 0.1) is 5.92 Å². The highest BCUT2D eigenvalue weighted by molar-refractivity contribution is 6.31. The number of alkyl halides is 2. The zero-order valence-corrected chi connectivity index (χ0v) is 15.2. The average molecular weight is 365 g/mol. The molecule has 0 aromatic rings. The SMILES string of the molecule is CCCC(CN1CCN(C2CNNC(=O)C2Cl)CC1=O)C(C)Cl. The molecule has 2 heterocycles. The van der Waals surface area contributed by atoms with E-state index in [9.17, 15) is 9.59 Å². The zero-order valence-electron chi connectivity index (χ0n) is 13.7. The standard InChI is InChI=1S/C15H26Cl2N4O2/c1-3-4-11(10(2)16)8-21-6-5-20(9-13(21)22)12-7-18-19-15(23)14(12)17/h10-12,14,18H,3-9H2,1-2H3,(H,19,23). The largest absolute Gasteiger partial charge is 0.340 e. The molecule has 2 rings (SSSR count). The first kappa shape index (κ1) is 18.8. The minimum absolute atomic E-state index is 0.0549. The van der Waals surface area contributed by atoms with E-state index in [1.807, 2.05) is 16.7 Å². The van der Waals surface area contributed by atoms with Gasteiger partial charge in [-0.05, 0) is 19.3 Å². The summed E-state index contributed by atoms with van der Waals surface area (Å²) in [6, 6.07) is -0.157. The normalized spacial score (nSPS) is 29.3. The number of hydrogen-bond acceptors (Lipinski definition) is 4. The van der Waals surface area contributed by atoms with E-state index in [-0.39, 0.29) is 23.2 Å². The van der Waals surface area contributed by atoms with E-state index >= 15 is 0 Å². The summed E-state index contributed by atoms with van der Waals surface area (Å²) in [4.78, 5) is 28.0. The highest BCUT2D eigenvalue weighted by atomic mass is 35.5. The molecule has 0 radical (unpaired) electrons. The van der Waals surface area contributed by atoms with Crippen LogP contribution in [0.25, 0.3) is 0 Å². The van der Waals surface area contributed by atoms with Gasteiger partial charge in [0.1, 0.15) is 5.38 Å². The molecule has 0 aromatic heterocycles. The summed E-state index contributed by atoms with van der Waals surface area (Å²) in [5.74, 6) is 0.168. The van der Waals surface area contributed by atoms with Crippen molar-refractivity contribution in [2.75, 3.05) is 32.7 Å². The van der Waals surface area contributed by atoms with Crippen molar-refractivity contribution >= 4 is 35.0 Å². The minimum atomic E-state index is -0.633. The Bertz CT molecular complexity index is 436. The molecule has 0 spiro atoms. The second-order valence-corrected chi connectivity index (χ2v) is 7.53. The fourth-order valence-corrected chi connectivity index (χ4v) is 3.74. The van der Waals surface area contributed by atoms with E-state index in [4.69, 9.17) is 23.2 Å². The van der Waals surface area contributed by atoms with Crippen LogP contribution in [-0.2, 0) is 9.59 Å². The van der Waals surface area contributed by atoms with Crippen LogP contribution in [0.4, 0.5) is 0 Å². The average Bonchev–Trinajstić information content (AvgIpc) is 2.51. The van der Waals surface area contributed by atoms with Crippen LogP contribution in [0.15, 0.2) is 0 Å². The summed E-state index contributed by atoms with van der Waals surface area (Å²) < 4.78 is 0. The fraction of sp³-hybridized carbons (Fsp3) is 0.867. The van der Waals surface area contributed by atoms with E-state index in [2.05, 4.69) is 17.8 Å². The van der Waals surface area contributed by atoms with Crippen LogP contribution >= 0.6 is 23.2 Å². The van der Waals surface area contributed by atoms with Crippen molar-refractivity contribution in [3.63, 3.8) is 0 Å². The molecular formula is C15H26Cl2N4O2. The fourth-order valence-electron chi connectivity index (χ4n) is 3.23. The van der Waals surface area contributed by atoms with E-state index < -0.39 is 5.38 Å². The number of carbonyl (C=O) groups excluding carboxylic acids is 2. The van der Waals surface area contributed by atoms with Gasteiger partial charge in [-0.15, -0.1) is 23.2 Å². The maximum atomic E-state index is 12.5. The molecule has 0 aromatic carbocycles. The van der Waals surface area contributed by atoms with Crippen molar-refractivity contribution in [2.45, 2.75) is 43.5 Å². The predicted molar refractivity (Wildman–Crippen MR) is 91.4 cm³/mol. The molecule has 0 bridgehead atoms. The van der Waals surface area contributed by atoms with Crippen LogP contribution in [0.1, 0.15) is 26.7 Å². The number of amides is 2. The van der Waals surface area contributed by atoms with Gasteiger partial charge in [0.15, 0.2) is 0 Å². The Labute approximate surface area is 147 Å². The van der Waals surface area contributed by atoms with Gasteiger partial charge in [0, 0.05) is 37.6 Å². The van der Waals surface area contributed by atoms with Crippen LogP contribution in [0.2, 0.25) is 0 Å².